The molecule has 0 bridgehead atoms. The molecule has 0 atom stereocenters. The predicted molar refractivity (Wildman–Crippen MR) is 188 cm³/mol. The largest absolute Gasteiger partial charge is 0.361 e. The number of carbonyl (C=O) groups is 1. The molecule has 8 heterocycles. The molecule has 1 amide bonds. The number of nitrogens with zero attached hydrogens (tertiary/aromatic N) is 12. The van der Waals surface area contributed by atoms with Gasteiger partial charge in [0.25, 0.3) is 0 Å². The Labute approximate surface area is 286 Å². The van der Waals surface area contributed by atoms with E-state index < -0.39 is 0 Å². The second kappa shape index (κ2) is 13.5. The van der Waals surface area contributed by atoms with Crippen molar-refractivity contribution in [2.75, 3.05) is 46.6 Å². The van der Waals surface area contributed by atoms with Gasteiger partial charge in [-0.3, -0.25) is 19.9 Å². The van der Waals surface area contributed by atoms with Gasteiger partial charge in [-0.1, -0.05) is 6.58 Å². The number of aromatic amines is 2. The summed E-state index contributed by atoms with van der Waals surface area (Å²) in [6.45, 7) is 14.2. The van der Waals surface area contributed by atoms with Crippen LogP contribution < -0.4 is 20.4 Å². The lowest BCUT2D eigenvalue weighted by atomic mass is 10.1. The summed E-state index contributed by atoms with van der Waals surface area (Å²) in [5.41, 5.74) is 7.32. The number of hydrogen-bond donors (Lipinski definition) is 4. The van der Waals surface area contributed by atoms with Gasteiger partial charge in [0.05, 0.1) is 36.9 Å². The first-order valence-electron chi connectivity index (χ1n) is 16.0. The van der Waals surface area contributed by atoms with Crippen LogP contribution in [-0.2, 0) is 4.79 Å². The minimum atomic E-state index is -0.0167. The molecular formula is C33H34N16O. The predicted octanol–water partition coefficient (Wildman–Crippen LogP) is 3.81. The number of aromatic nitrogens is 12. The van der Waals surface area contributed by atoms with E-state index in [2.05, 4.69) is 84.3 Å². The second-order valence-electron chi connectivity index (χ2n) is 11.3. The first kappa shape index (κ1) is 31.9. The summed E-state index contributed by atoms with van der Waals surface area (Å²) < 4.78 is 0. The normalized spacial score (nSPS) is 13.5. The molecule has 0 saturated heterocycles. The van der Waals surface area contributed by atoms with Gasteiger partial charge in [0.2, 0.25) is 5.91 Å². The molecule has 4 N–H and O–H groups in total. The molecule has 0 unspecified atom stereocenters. The molecule has 6 aromatic rings. The average molecular weight is 671 g/mol. The Balaban J connectivity index is 0.000000157. The number of nitrogens with one attached hydrogen (secondary N) is 4. The molecule has 2 aliphatic heterocycles. The van der Waals surface area contributed by atoms with Crippen molar-refractivity contribution in [1.82, 2.24) is 60.3 Å². The van der Waals surface area contributed by atoms with Crippen LogP contribution in [0.25, 0.3) is 45.6 Å². The summed E-state index contributed by atoms with van der Waals surface area (Å²) >= 11 is 0. The van der Waals surface area contributed by atoms with Gasteiger partial charge in [-0.2, -0.15) is 10.2 Å². The van der Waals surface area contributed by atoms with Gasteiger partial charge < -0.3 is 15.5 Å². The number of fused-ring (bicyclic) bond motifs is 2. The third-order valence-corrected chi connectivity index (χ3v) is 8.24. The van der Waals surface area contributed by atoms with Crippen LogP contribution in [-0.4, -0.2) is 92.4 Å². The Morgan fingerprint density at radius 1 is 0.660 bits per heavy atom. The van der Waals surface area contributed by atoms with Crippen LogP contribution in [0, 0.1) is 13.8 Å². The zero-order chi connectivity index (χ0) is 34.8. The van der Waals surface area contributed by atoms with Gasteiger partial charge in [-0.15, -0.1) is 0 Å². The highest BCUT2D eigenvalue weighted by atomic mass is 16.2. The monoisotopic (exact) mass is 670 g/mol. The number of likely N-dealkylation sites (N-methyl/N-ethyl adjacent to an activating group) is 2. The van der Waals surface area contributed by atoms with Crippen molar-refractivity contribution < 1.29 is 4.79 Å². The highest BCUT2D eigenvalue weighted by Gasteiger charge is 2.26. The molecule has 2 aliphatic rings. The lowest BCUT2D eigenvalue weighted by Crippen LogP contribution is -2.40. The summed E-state index contributed by atoms with van der Waals surface area (Å²) in [5.74, 6) is 3.99. The minimum absolute atomic E-state index is 0.0167. The molecule has 0 aromatic carbocycles. The Morgan fingerprint density at radius 3 is 1.62 bits per heavy atom. The number of anilines is 4. The fourth-order valence-corrected chi connectivity index (χ4v) is 5.73. The first-order valence-corrected chi connectivity index (χ1v) is 16.0. The van der Waals surface area contributed by atoms with Gasteiger partial charge in [0.1, 0.15) is 24.0 Å². The summed E-state index contributed by atoms with van der Waals surface area (Å²) in [6.07, 6.45) is 6.37. The quantitative estimate of drug-likeness (QED) is 0.199. The third kappa shape index (κ3) is 6.07. The molecule has 17 heteroatoms. The van der Waals surface area contributed by atoms with E-state index in [0.717, 1.165) is 57.8 Å². The lowest BCUT2D eigenvalue weighted by molar-refractivity contribution is -0.117. The van der Waals surface area contributed by atoms with E-state index in [0.29, 0.717) is 47.8 Å². The number of carbonyl (C=O) groups excluding carboxylic acids is 1. The Morgan fingerprint density at radius 2 is 1.16 bits per heavy atom. The number of H-pyrrole nitrogens is 2. The van der Waals surface area contributed by atoms with E-state index in [1.165, 1.54) is 12.7 Å². The number of aryl methyl sites for hydroxylation is 2. The molecule has 252 valence electrons. The van der Waals surface area contributed by atoms with Crippen molar-refractivity contribution in [3.05, 3.63) is 73.0 Å². The van der Waals surface area contributed by atoms with E-state index in [4.69, 9.17) is 4.98 Å². The van der Waals surface area contributed by atoms with Crippen molar-refractivity contribution in [1.29, 1.82) is 0 Å². The molecule has 17 nitrogen and oxygen atoms in total. The average Bonchev–Trinajstić information content (AvgIpc) is 3.88. The fraction of sp³-hybridized carbons (Fsp3) is 0.242. The smallest absolute Gasteiger partial charge is 0.247 e. The minimum Gasteiger partial charge on any atom is -0.361 e. The van der Waals surface area contributed by atoms with Crippen molar-refractivity contribution in [2.24, 2.45) is 0 Å². The van der Waals surface area contributed by atoms with Crippen LogP contribution in [0.4, 0.5) is 23.3 Å². The van der Waals surface area contributed by atoms with Crippen LogP contribution in [0.5, 0.6) is 0 Å². The van der Waals surface area contributed by atoms with E-state index >= 15 is 0 Å². The van der Waals surface area contributed by atoms with Crippen LogP contribution in [0.1, 0.15) is 25.2 Å². The highest BCUT2D eigenvalue weighted by molar-refractivity contribution is 6.00. The molecule has 0 aliphatic carbocycles. The lowest BCUT2D eigenvalue weighted by Gasteiger charge is -2.31. The zero-order valence-corrected chi connectivity index (χ0v) is 27.9. The van der Waals surface area contributed by atoms with Crippen LogP contribution in [0.2, 0.25) is 0 Å². The number of amides is 1. The topological polar surface area (TPSA) is 208 Å². The van der Waals surface area contributed by atoms with Crippen LogP contribution in [0.15, 0.2) is 61.6 Å². The molecule has 0 radical (unpaired) electrons. The van der Waals surface area contributed by atoms with E-state index in [1.807, 2.05) is 45.0 Å². The molecule has 0 fully saturated rings. The molecule has 0 saturated carbocycles. The van der Waals surface area contributed by atoms with Crippen molar-refractivity contribution in [3.8, 4) is 45.6 Å². The molecule has 50 heavy (non-hydrogen) atoms. The molecule has 0 spiro atoms. The molecular weight excluding hydrogens is 636 g/mol. The van der Waals surface area contributed by atoms with Gasteiger partial charge in [0.15, 0.2) is 34.9 Å². The maximum Gasteiger partial charge on any atom is 0.247 e. The van der Waals surface area contributed by atoms with Gasteiger partial charge >= 0.3 is 0 Å². The van der Waals surface area contributed by atoms with Crippen molar-refractivity contribution in [2.45, 2.75) is 27.7 Å². The van der Waals surface area contributed by atoms with Gasteiger partial charge in [0, 0.05) is 41.3 Å². The Kier molecular flexibility index (Phi) is 8.59. The highest BCUT2D eigenvalue weighted by Crippen LogP contribution is 2.33. The van der Waals surface area contributed by atoms with Gasteiger partial charge in [-0.25, -0.2) is 39.9 Å². The van der Waals surface area contributed by atoms with Crippen LogP contribution in [0.3, 0.4) is 0 Å². The van der Waals surface area contributed by atoms with Crippen molar-refractivity contribution in [3.63, 3.8) is 0 Å². The standard InChI is InChI=1S/C17H18N8.C16H16N8O/c1-4-25-10(2)7-18-16-17(25)23-14(8-19-16)12-5-6-13(22-11(12)3)15-20-9-21-24-15;1-3-24-13(25)7-18-15-16(24)22-12(6-17-15)10-4-5-11(21-9(10)2)14-19-8-20-23-14/h5-6,8-9H,2,4,7H2,1,3H3,(H,18,19)(H,20,21,24);4-6,8H,3,7H2,1-2H3,(H,17,18)(H,19,20,23). The SMILES string of the molecule is C=C1CNc2ncc(-c3ccc(-c4ncn[nH]4)nc3C)nc2N1CC.CCN1C(=O)CNc2ncc(-c3ccc(-c4ncn[nH]4)nc3C)nc21. The summed E-state index contributed by atoms with van der Waals surface area (Å²) in [7, 11) is 0. The maximum atomic E-state index is 12.0. The summed E-state index contributed by atoms with van der Waals surface area (Å²) in [5, 5.41) is 19.6. The Bertz CT molecular complexity index is 2030. The molecule has 8 rings (SSSR count). The third-order valence-electron chi connectivity index (χ3n) is 8.24. The zero-order valence-electron chi connectivity index (χ0n) is 27.9. The summed E-state index contributed by atoms with van der Waals surface area (Å²) in [4.78, 5) is 51.6. The number of rotatable bonds is 6. The second-order valence-corrected chi connectivity index (χ2v) is 11.3. The summed E-state index contributed by atoms with van der Waals surface area (Å²) in [6, 6.07) is 7.66. The Hall–Kier alpha value is -6.65. The molecule has 6 aromatic heterocycles. The van der Waals surface area contributed by atoms with E-state index in [1.54, 1.807) is 17.3 Å². The maximum absolute atomic E-state index is 12.0. The fourth-order valence-electron chi connectivity index (χ4n) is 5.73. The number of pyridine rings is 2. The van der Waals surface area contributed by atoms with E-state index in [-0.39, 0.29) is 12.5 Å². The van der Waals surface area contributed by atoms with Gasteiger partial charge in [-0.05, 0) is 52.0 Å². The number of hydrogen-bond acceptors (Lipinski definition) is 14. The van der Waals surface area contributed by atoms with Crippen LogP contribution >= 0.6 is 0 Å². The first-order chi connectivity index (χ1) is 24.3. The van der Waals surface area contributed by atoms with Crippen molar-refractivity contribution >= 4 is 29.2 Å². The van der Waals surface area contributed by atoms with E-state index in [9.17, 15) is 4.79 Å².